The number of hydrogen-bond donors (Lipinski definition) is 1. The van der Waals surface area contributed by atoms with E-state index in [1.807, 2.05) is 6.07 Å². The van der Waals surface area contributed by atoms with E-state index in [1.54, 1.807) is 30.3 Å². The number of carbonyl (C=O) groups excluding carboxylic acids is 2. The molecule has 7 nitrogen and oxygen atoms in total. The van der Waals surface area contributed by atoms with Gasteiger partial charge in [-0.3, -0.25) is 4.79 Å². The maximum absolute atomic E-state index is 12.3. The van der Waals surface area contributed by atoms with Gasteiger partial charge in [0.15, 0.2) is 17.6 Å². The second-order valence-corrected chi connectivity index (χ2v) is 5.26. The molecule has 0 bridgehead atoms. The van der Waals surface area contributed by atoms with Gasteiger partial charge in [0.2, 0.25) is 0 Å². The number of para-hydroxylation sites is 1. The zero-order valence-corrected chi connectivity index (χ0v) is 14.6. The average molecular weight is 354 g/mol. The Morgan fingerprint density at radius 3 is 2.42 bits per heavy atom. The van der Waals surface area contributed by atoms with Gasteiger partial charge in [0.25, 0.3) is 5.91 Å². The summed E-state index contributed by atoms with van der Waals surface area (Å²) < 4.78 is 15.4. The fraction of sp³-hybridized carbons (Fsp3) is 0.211. The number of rotatable bonds is 6. The largest absolute Gasteiger partial charge is 0.493 e. The van der Waals surface area contributed by atoms with Gasteiger partial charge < -0.3 is 19.5 Å². The van der Waals surface area contributed by atoms with Gasteiger partial charge in [0.05, 0.1) is 31.0 Å². The van der Waals surface area contributed by atoms with Gasteiger partial charge in [-0.15, -0.1) is 0 Å². The molecule has 1 N–H and O–H groups in total. The molecule has 26 heavy (non-hydrogen) atoms. The number of amides is 1. The second-order valence-electron chi connectivity index (χ2n) is 5.26. The minimum Gasteiger partial charge on any atom is -0.493 e. The van der Waals surface area contributed by atoms with Crippen LogP contribution in [0.25, 0.3) is 0 Å². The van der Waals surface area contributed by atoms with Crippen molar-refractivity contribution in [1.82, 2.24) is 0 Å². The summed E-state index contributed by atoms with van der Waals surface area (Å²) in [5, 5.41) is 11.6. The molecule has 1 atom stereocenters. The number of ether oxygens (including phenoxy) is 3. The summed E-state index contributed by atoms with van der Waals surface area (Å²) in [6, 6.07) is 13.1. The Labute approximate surface area is 151 Å². The molecule has 0 fully saturated rings. The molecule has 7 heteroatoms. The van der Waals surface area contributed by atoms with Crippen LogP contribution in [0.5, 0.6) is 11.5 Å². The lowest BCUT2D eigenvalue weighted by Crippen LogP contribution is -2.30. The average Bonchev–Trinajstić information content (AvgIpc) is 2.67. The first kappa shape index (κ1) is 18.8. The van der Waals surface area contributed by atoms with E-state index in [4.69, 9.17) is 19.5 Å². The third-order valence-corrected chi connectivity index (χ3v) is 3.58. The highest BCUT2D eigenvalue weighted by molar-refractivity contribution is 5.98. The number of anilines is 1. The van der Waals surface area contributed by atoms with Gasteiger partial charge in [-0.2, -0.15) is 5.26 Å². The highest BCUT2D eigenvalue weighted by atomic mass is 16.5. The lowest BCUT2D eigenvalue weighted by atomic mass is 10.2. The number of methoxy groups -OCH3 is 2. The van der Waals surface area contributed by atoms with E-state index in [0.29, 0.717) is 22.7 Å². The predicted octanol–water partition coefficient (Wildman–Crippen LogP) is 2.76. The van der Waals surface area contributed by atoms with Crippen molar-refractivity contribution in [2.24, 2.45) is 0 Å². The Bertz CT molecular complexity index is 857. The first-order chi connectivity index (χ1) is 12.5. The number of carbonyl (C=O) groups is 2. The molecule has 2 aromatic rings. The molecule has 134 valence electrons. The van der Waals surface area contributed by atoms with E-state index in [2.05, 4.69) is 5.32 Å². The molecule has 0 aliphatic heterocycles. The van der Waals surface area contributed by atoms with Crippen LogP contribution in [0.15, 0.2) is 42.5 Å². The topological polar surface area (TPSA) is 97.6 Å². The van der Waals surface area contributed by atoms with Crippen molar-refractivity contribution in [2.45, 2.75) is 13.0 Å². The number of nitrogens with one attached hydrogen (secondary N) is 1. The van der Waals surface area contributed by atoms with Gasteiger partial charge in [-0.05, 0) is 37.3 Å². The normalized spacial score (nSPS) is 11.0. The highest BCUT2D eigenvalue weighted by Crippen LogP contribution is 2.28. The number of benzene rings is 2. The number of hydrogen-bond acceptors (Lipinski definition) is 6. The van der Waals surface area contributed by atoms with Crippen LogP contribution in [-0.4, -0.2) is 32.2 Å². The van der Waals surface area contributed by atoms with Crippen molar-refractivity contribution < 1.29 is 23.8 Å². The summed E-state index contributed by atoms with van der Waals surface area (Å²) in [5.41, 5.74) is 0.896. The van der Waals surface area contributed by atoms with Crippen molar-refractivity contribution in [2.75, 3.05) is 19.5 Å². The quantitative estimate of drug-likeness (QED) is 0.801. The molecule has 0 saturated carbocycles. The van der Waals surface area contributed by atoms with Crippen LogP contribution in [0, 0.1) is 11.3 Å². The van der Waals surface area contributed by atoms with Gasteiger partial charge in [0, 0.05) is 0 Å². The van der Waals surface area contributed by atoms with E-state index >= 15 is 0 Å². The fourth-order valence-corrected chi connectivity index (χ4v) is 2.17. The Morgan fingerprint density at radius 1 is 1.08 bits per heavy atom. The maximum atomic E-state index is 12.3. The molecule has 0 aliphatic carbocycles. The summed E-state index contributed by atoms with van der Waals surface area (Å²) in [5.74, 6) is -0.367. The molecule has 0 saturated heterocycles. The first-order valence-electron chi connectivity index (χ1n) is 7.73. The summed E-state index contributed by atoms with van der Waals surface area (Å²) >= 11 is 0. The van der Waals surface area contributed by atoms with Crippen molar-refractivity contribution >= 4 is 17.6 Å². The van der Waals surface area contributed by atoms with Crippen LogP contribution in [0.1, 0.15) is 22.8 Å². The monoisotopic (exact) mass is 354 g/mol. The van der Waals surface area contributed by atoms with E-state index in [-0.39, 0.29) is 5.56 Å². The van der Waals surface area contributed by atoms with Crippen molar-refractivity contribution in [3.63, 3.8) is 0 Å². The van der Waals surface area contributed by atoms with Gasteiger partial charge >= 0.3 is 5.97 Å². The van der Waals surface area contributed by atoms with Crippen LogP contribution in [0.3, 0.4) is 0 Å². The molecule has 2 aromatic carbocycles. The molecule has 0 aromatic heterocycles. The predicted molar refractivity (Wildman–Crippen MR) is 94.2 cm³/mol. The fourth-order valence-electron chi connectivity index (χ4n) is 2.17. The highest BCUT2D eigenvalue weighted by Gasteiger charge is 2.21. The van der Waals surface area contributed by atoms with Gasteiger partial charge in [-0.1, -0.05) is 12.1 Å². The molecular formula is C19H18N2O5. The van der Waals surface area contributed by atoms with Crippen LogP contribution < -0.4 is 14.8 Å². The van der Waals surface area contributed by atoms with E-state index in [9.17, 15) is 9.59 Å². The van der Waals surface area contributed by atoms with Crippen LogP contribution in [0.4, 0.5) is 5.69 Å². The summed E-state index contributed by atoms with van der Waals surface area (Å²) in [6.07, 6.45) is -1.05. The SMILES string of the molecule is COc1ccc(C(=O)O[C@H](C)C(=O)Nc2ccccc2C#N)cc1OC. The van der Waals surface area contributed by atoms with Crippen LogP contribution >= 0.6 is 0 Å². The number of nitrogens with zero attached hydrogens (tertiary/aromatic N) is 1. The molecule has 0 heterocycles. The van der Waals surface area contributed by atoms with Crippen molar-refractivity contribution in [1.29, 1.82) is 5.26 Å². The zero-order valence-electron chi connectivity index (χ0n) is 14.6. The number of nitriles is 1. The molecule has 2 rings (SSSR count). The first-order valence-corrected chi connectivity index (χ1v) is 7.73. The van der Waals surface area contributed by atoms with Gasteiger partial charge in [0.1, 0.15) is 6.07 Å². The minimum absolute atomic E-state index is 0.222. The van der Waals surface area contributed by atoms with E-state index in [1.165, 1.54) is 33.3 Å². The summed E-state index contributed by atoms with van der Waals surface area (Å²) in [6.45, 7) is 1.45. The van der Waals surface area contributed by atoms with Crippen LogP contribution in [0.2, 0.25) is 0 Å². The smallest absolute Gasteiger partial charge is 0.339 e. The molecule has 0 aliphatic rings. The molecule has 1 amide bonds. The van der Waals surface area contributed by atoms with E-state index < -0.39 is 18.0 Å². The Kier molecular flexibility index (Phi) is 6.17. The zero-order chi connectivity index (χ0) is 19.1. The third kappa shape index (κ3) is 4.30. The Morgan fingerprint density at radius 2 is 1.77 bits per heavy atom. The van der Waals surface area contributed by atoms with Crippen molar-refractivity contribution in [3.05, 3.63) is 53.6 Å². The standard InChI is InChI=1S/C19H18N2O5/c1-12(18(22)21-15-7-5-4-6-14(15)11-20)26-19(23)13-8-9-16(24-2)17(10-13)25-3/h4-10,12H,1-3H3,(H,21,22)/t12-/m1/s1. The van der Waals surface area contributed by atoms with Crippen molar-refractivity contribution in [3.8, 4) is 17.6 Å². The minimum atomic E-state index is -1.05. The lowest BCUT2D eigenvalue weighted by molar-refractivity contribution is -0.123. The summed E-state index contributed by atoms with van der Waals surface area (Å²) in [7, 11) is 2.94. The number of esters is 1. The Hall–Kier alpha value is -3.53. The molecule has 0 radical (unpaired) electrons. The second kappa shape index (κ2) is 8.53. The summed E-state index contributed by atoms with van der Waals surface area (Å²) in [4.78, 5) is 24.5. The molecule has 0 unspecified atom stereocenters. The Balaban J connectivity index is 2.07. The van der Waals surface area contributed by atoms with Gasteiger partial charge in [-0.25, -0.2) is 4.79 Å². The molecular weight excluding hydrogens is 336 g/mol. The van der Waals surface area contributed by atoms with Crippen LogP contribution in [-0.2, 0) is 9.53 Å². The lowest BCUT2D eigenvalue weighted by Gasteiger charge is -2.15. The van der Waals surface area contributed by atoms with E-state index in [0.717, 1.165) is 0 Å². The third-order valence-electron chi connectivity index (χ3n) is 3.58. The molecule has 0 spiro atoms. The maximum Gasteiger partial charge on any atom is 0.339 e.